The number of ether oxygens (including phenoxy) is 1. The Morgan fingerprint density at radius 3 is 2.09 bits per heavy atom. The van der Waals surface area contributed by atoms with E-state index in [4.69, 9.17) is 4.74 Å². The Bertz CT molecular complexity index is 775. The Morgan fingerprint density at radius 2 is 1.55 bits per heavy atom. The van der Waals surface area contributed by atoms with Crippen LogP contribution < -0.4 is 4.90 Å². The van der Waals surface area contributed by atoms with Crippen molar-refractivity contribution < 1.29 is 19.1 Å². The predicted molar refractivity (Wildman–Crippen MR) is 80.1 cm³/mol. The van der Waals surface area contributed by atoms with E-state index in [2.05, 4.69) is 0 Å². The molecule has 5 heteroatoms. The van der Waals surface area contributed by atoms with Crippen LogP contribution in [0.2, 0.25) is 0 Å². The topological polar surface area (TPSA) is 63.7 Å². The summed E-state index contributed by atoms with van der Waals surface area (Å²) in [6.45, 7) is 1.74. The number of carbonyl (C=O) groups is 3. The Kier molecular flexibility index (Phi) is 3.25. The Labute approximate surface area is 127 Å². The first-order chi connectivity index (χ1) is 10.6. The standard InChI is InChI=1S/C17H13NO4/c1-10-6-5-9-13(17(21)22-2)14(10)18-15(19)11-7-3-4-8-12(11)16(18)20/h3-9H,1-2H3. The van der Waals surface area contributed by atoms with Crippen LogP contribution in [0.4, 0.5) is 5.69 Å². The summed E-state index contributed by atoms with van der Waals surface area (Å²) < 4.78 is 4.75. The first-order valence-electron chi connectivity index (χ1n) is 6.72. The van der Waals surface area contributed by atoms with Gasteiger partial charge in [0.1, 0.15) is 0 Å². The molecule has 3 rings (SSSR count). The molecule has 22 heavy (non-hydrogen) atoms. The minimum atomic E-state index is -0.588. The van der Waals surface area contributed by atoms with E-state index < -0.39 is 17.8 Å². The molecule has 0 radical (unpaired) electrons. The summed E-state index contributed by atoms with van der Waals surface area (Å²) in [5.74, 6) is -1.45. The Morgan fingerprint density at radius 1 is 0.955 bits per heavy atom. The minimum Gasteiger partial charge on any atom is -0.465 e. The molecule has 0 spiro atoms. The average Bonchev–Trinajstić information content (AvgIpc) is 2.79. The maximum Gasteiger partial charge on any atom is 0.340 e. The molecule has 1 heterocycles. The molecule has 1 aliphatic rings. The molecule has 110 valence electrons. The zero-order valence-corrected chi connectivity index (χ0v) is 12.1. The SMILES string of the molecule is COC(=O)c1cccc(C)c1N1C(=O)c2ccccc2C1=O. The number of esters is 1. The van der Waals surface area contributed by atoms with E-state index in [1.54, 1.807) is 43.3 Å². The number of rotatable bonds is 2. The van der Waals surface area contributed by atoms with E-state index in [1.165, 1.54) is 13.2 Å². The molecule has 0 saturated heterocycles. The number of amides is 2. The lowest BCUT2D eigenvalue weighted by molar-refractivity contribution is 0.0601. The highest BCUT2D eigenvalue weighted by Gasteiger charge is 2.38. The summed E-state index contributed by atoms with van der Waals surface area (Å²) in [7, 11) is 1.26. The van der Waals surface area contributed by atoms with Gasteiger partial charge in [-0.05, 0) is 30.7 Å². The molecule has 1 aliphatic heterocycles. The molecule has 0 saturated carbocycles. The van der Waals surface area contributed by atoms with E-state index in [-0.39, 0.29) is 11.3 Å². The lowest BCUT2D eigenvalue weighted by Gasteiger charge is -2.19. The third-order valence-electron chi connectivity index (χ3n) is 3.66. The van der Waals surface area contributed by atoms with Crippen molar-refractivity contribution in [2.45, 2.75) is 6.92 Å². The van der Waals surface area contributed by atoms with Gasteiger partial charge < -0.3 is 4.74 Å². The summed E-state index contributed by atoms with van der Waals surface area (Å²) >= 11 is 0. The zero-order valence-electron chi connectivity index (χ0n) is 12.1. The highest BCUT2D eigenvalue weighted by atomic mass is 16.5. The minimum absolute atomic E-state index is 0.192. The van der Waals surface area contributed by atoms with Crippen molar-refractivity contribution in [2.24, 2.45) is 0 Å². The van der Waals surface area contributed by atoms with Gasteiger partial charge in [-0.1, -0.05) is 24.3 Å². The molecule has 0 atom stereocenters. The molecular weight excluding hydrogens is 282 g/mol. The smallest absolute Gasteiger partial charge is 0.340 e. The molecule has 0 N–H and O–H groups in total. The third kappa shape index (κ3) is 1.90. The number of anilines is 1. The molecular formula is C17H13NO4. The van der Waals surface area contributed by atoms with Crippen LogP contribution in [-0.4, -0.2) is 24.9 Å². The Hall–Kier alpha value is -2.95. The van der Waals surface area contributed by atoms with Crippen LogP contribution in [0.15, 0.2) is 42.5 Å². The maximum atomic E-state index is 12.6. The van der Waals surface area contributed by atoms with Gasteiger partial charge in [0, 0.05) is 0 Å². The quantitative estimate of drug-likeness (QED) is 0.631. The van der Waals surface area contributed by atoms with Gasteiger partial charge in [-0.2, -0.15) is 0 Å². The van der Waals surface area contributed by atoms with Gasteiger partial charge >= 0.3 is 5.97 Å². The van der Waals surface area contributed by atoms with Crippen LogP contribution >= 0.6 is 0 Å². The van der Waals surface area contributed by atoms with Gasteiger partial charge in [0.2, 0.25) is 0 Å². The highest BCUT2D eigenvalue weighted by molar-refractivity contribution is 6.35. The Balaban J connectivity index is 2.20. The van der Waals surface area contributed by atoms with Crippen LogP contribution in [0.25, 0.3) is 0 Å². The van der Waals surface area contributed by atoms with Crippen LogP contribution in [0.1, 0.15) is 36.6 Å². The van der Waals surface area contributed by atoms with E-state index in [0.717, 1.165) is 4.90 Å². The van der Waals surface area contributed by atoms with Gasteiger partial charge in [-0.25, -0.2) is 9.69 Å². The van der Waals surface area contributed by atoms with Crippen molar-refractivity contribution in [3.8, 4) is 0 Å². The molecule has 2 aromatic rings. The largest absolute Gasteiger partial charge is 0.465 e. The number of carbonyl (C=O) groups excluding carboxylic acids is 3. The van der Waals surface area contributed by atoms with Crippen LogP contribution in [0.5, 0.6) is 0 Å². The van der Waals surface area contributed by atoms with E-state index in [1.807, 2.05) is 0 Å². The maximum absolute atomic E-state index is 12.6. The average molecular weight is 295 g/mol. The second-order valence-corrected chi connectivity index (χ2v) is 4.95. The first-order valence-corrected chi connectivity index (χ1v) is 6.72. The summed E-state index contributed by atoms with van der Waals surface area (Å²) in [6.07, 6.45) is 0. The van der Waals surface area contributed by atoms with Crippen molar-refractivity contribution in [2.75, 3.05) is 12.0 Å². The molecule has 2 aromatic carbocycles. The number of para-hydroxylation sites is 1. The molecule has 0 unspecified atom stereocenters. The normalized spacial score (nSPS) is 13.3. The lowest BCUT2D eigenvalue weighted by atomic mass is 10.1. The number of aryl methyl sites for hydroxylation is 1. The number of benzene rings is 2. The number of imide groups is 1. The van der Waals surface area contributed by atoms with Gasteiger partial charge in [0.05, 0.1) is 29.5 Å². The van der Waals surface area contributed by atoms with E-state index in [0.29, 0.717) is 16.7 Å². The molecule has 0 aromatic heterocycles. The number of hydrogen-bond donors (Lipinski definition) is 0. The van der Waals surface area contributed by atoms with Gasteiger partial charge in [0.15, 0.2) is 0 Å². The summed E-state index contributed by atoms with van der Waals surface area (Å²) in [4.78, 5) is 38.2. The molecule has 2 amide bonds. The molecule has 5 nitrogen and oxygen atoms in total. The van der Waals surface area contributed by atoms with Crippen molar-refractivity contribution in [1.82, 2.24) is 0 Å². The summed E-state index contributed by atoms with van der Waals surface area (Å²) in [5, 5.41) is 0. The fourth-order valence-corrected chi connectivity index (χ4v) is 2.62. The van der Waals surface area contributed by atoms with Crippen molar-refractivity contribution >= 4 is 23.5 Å². The zero-order chi connectivity index (χ0) is 15.9. The molecule has 0 aliphatic carbocycles. The van der Waals surface area contributed by atoms with Crippen molar-refractivity contribution in [3.05, 3.63) is 64.7 Å². The van der Waals surface area contributed by atoms with E-state index in [9.17, 15) is 14.4 Å². The summed E-state index contributed by atoms with van der Waals surface area (Å²) in [6, 6.07) is 11.6. The fraction of sp³-hybridized carbons (Fsp3) is 0.118. The number of fused-ring (bicyclic) bond motifs is 1. The van der Waals surface area contributed by atoms with Gasteiger partial charge in [-0.3, -0.25) is 9.59 Å². The second-order valence-electron chi connectivity index (χ2n) is 4.95. The monoisotopic (exact) mass is 295 g/mol. The van der Waals surface area contributed by atoms with Gasteiger partial charge in [-0.15, -0.1) is 0 Å². The highest BCUT2D eigenvalue weighted by Crippen LogP contribution is 2.33. The van der Waals surface area contributed by atoms with E-state index >= 15 is 0 Å². The number of methoxy groups -OCH3 is 1. The van der Waals surface area contributed by atoms with Crippen LogP contribution in [-0.2, 0) is 4.74 Å². The van der Waals surface area contributed by atoms with Crippen LogP contribution in [0, 0.1) is 6.92 Å². The fourth-order valence-electron chi connectivity index (χ4n) is 2.62. The lowest BCUT2D eigenvalue weighted by Crippen LogP contribution is -2.31. The number of hydrogen-bond acceptors (Lipinski definition) is 4. The molecule has 0 fully saturated rings. The van der Waals surface area contributed by atoms with Crippen LogP contribution in [0.3, 0.4) is 0 Å². The third-order valence-corrected chi connectivity index (χ3v) is 3.66. The van der Waals surface area contributed by atoms with Crippen molar-refractivity contribution in [1.29, 1.82) is 0 Å². The number of nitrogens with zero attached hydrogens (tertiary/aromatic N) is 1. The molecule has 0 bridgehead atoms. The predicted octanol–water partition coefficient (Wildman–Crippen LogP) is 2.58. The van der Waals surface area contributed by atoms with Crippen molar-refractivity contribution in [3.63, 3.8) is 0 Å². The summed E-state index contributed by atoms with van der Waals surface area (Å²) in [5.41, 5.74) is 1.80. The van der Waals surface area contributed by atoms with Gasteiger partial charge in [0.25, 0.3) is 11.8 Å². The second kappa shape index (κ2) is 5.11. The first kappa shape index (κ1) is 14.0.